The molecule has 1 atom stereocenters. The summed E-state index contributed by atoms with van der Waals surface area (Å²) in [5.41, 5.74) is 9.17. The lowest BCUT2D eigenvalue weighted by Gasteiger charge is -2.18. The molecule has 0 amide bonds. The highest BCUT2D eigenvalue weighted by Crippen LogP contribution is 2.34. The van der Waals surface area contributed by atoms with Crippen LogP contribution in [0.25, 0.3) is 5.57 Å². The van der Waals surface area contributed by atoms with Crippen molar-refractivity contribution in [3.63, 3.8) is 0 Å². The summed E-state index contributed by atoms with van der Waals surface area (Å²) in [7, 11) is 0. The van der Waals surface area contributed by atoms with Crippen molar-refractivity contribution in [2.75, 3.05) is 6.54 Å². The average Bonchev–Trinajstić information content (AvgIpc) is 3.13. The van der Waals surface area contributed by atoms with Crippen molar-refractivity contribution < 1.29 is 0 Å². The summed E-state index contributed by atoms with van der Waals surface area (Å²) in [4.78, 5) is 9.44. The topological polar surface area (TPSA) is 25.2 Å². The molecule has 2 heteroatoms. The second kappa shape index (κ2) is 8.45. The lowest BCUT2D eigenvalue weighted by molar-refractivity contribution is 0.975. The van der Waals surface area contributed by atoms with Gasteiger partial charge in [0.05, 0.1) is 23.9 Å². The van der Waals surface area contributed by atoms with Gasteiger partial charge in [-0.1, -0.05) is 55.9 Å². The van der Waals surface area contributed by atoms with E-state index in [2.05, 4.69) is 55.7 Å². The summed E-state index contributed by atoms with van der Waals surface area (Å²) in [6.45, 7) is 8.92. The minimum Gasteiger partial charge on any atom is -0.278 e. The lowest BCUT2D eigenvalue weighted by Crippen LogP contribution is -2.07. The number of nitrogens with zero attached hydrogens (tertiary/aromatic N) is 2. The molecule has 2 aromatic rings. The lowest BCUT2D eigenvalue weighted by atomic mass is 9.85. The molecule has 0 N–H and O–H groups in total. The second-order valence-corrected chi connectivity index (χ2v) is 7.46. The Hall–Kier alpha value is -3.18. The van der Waals surface area contributed by atoms with Gasteiger partial charge in [-0.15, -0.1) is 5.92 Å². The second-order valence-electron chi connectivity index (χ2n) is 7.46. The normalized spacial score (nSPS) is 18.1. The van der Waals surface area contributed by atoms with Gasteiger partial charge in [-0.25, -0.2) is 0 Å². The van der Waals surface area contributed by atoms with E-state index in [4.69, 9.17) is 9.98 Å². The predicted molar refractivity (Wildman–Crippen MR) is 122 cm³/mol. The van der Waals surface area contributed by atoms with Crippen molar-refractivity contribution in [3.8, 4) is 11.8 Å². The number of aliphatic imine (C=N–C) groups is 1. The van der Waals surface area contributed by atoms with Crippen LogP contribution in [0.4, 0.5) is 0 Å². The fourth-order valence-corrected chi connectivity index (χ4v) is 4.08. The van der Waals surface area contributed by atoms with E-state index < -0.39 is 0 Å². The number of fused-ring (bicyclic) bond motifs is 1. The van der Waals surface area contributed by atoms with Crippen LogP contribution >= 0.6 is 0 Å². The Balaban J connectivity index is 1.77. The van der Waals surface area contributed by atoms with Crippen LogP contribution in [0.5, 0.6) is 0 Å². The highest BCUT2D eigenvalue weighted by molar-refractivity contribution is 6.32. The van der Waals surface area contributed by atoms with Gasteiger partial charge in [-0.05, 0) is 60.2 Å². The Morgan fingerprint density at radius 1 is 1.28 bits per heavy atom. The molecule has 2 heterocycles. The van der Waals surface area contributed by atoms with E-state index in [9.17, 15) is 0 Å². The number of hydrogen-bond acceptors (Lipinski definition) is 2. The number of benzene rings is 1. The van der Waals surface area contributed by atoms with Gasteiger partial charge in [-0.2, -0.15) is 0 Å². The number of pyridine rings is 1. The van der Waals surface area contributed by atoms with Crippen LogP contribution in [0.3, 0.4) is 0 Å². The molecular formula is C27H26N2. The Labute approximate surface area is 173 Å². The first-order valence-corrected chi connectivity index (χ1v) is 10.3. The minimum absolute atomic E-state index is 0.0874. The van der Waals surface area contributed by atoms with Gasteiger partial charge >= 0.3 is 0 Å². The molecule has 144 valence electrons. The van der Waals surface area contributed by atoms with Crippen LogP contribution in [0.15, 0.2) is 71.8 Å². The van der Waals surface area contributed by atoms with Gasteiger partial charge in [0.15, 0.2) is 0 Å². The van der Waals surface area contributed by atoms with Gasteiger partial charge in [0, 0.05) is 17.7 Å². The molecule has 0 bridgehead atoms. The molecule has 29 heavy (non-hydrogen) atoms. The number of rotatable bonds is 5. The largest absolute Gasteiger partial charge is 0.278 e. The smallest absolute Gasteiger partial charge is 0.0910 e. The Morgan fingerprint density at radius 3 is 2.97 bits per heavy atom. The molecule has 1 aliphatic carbocycles. The van der Waals surface area contributed by atoms with Crippen LogP contribution in [0.2, 0.25) is 0 Å². The van der Waals surface area contributed by atoms with Crippen molar-refractivity contribution in [1.82, 2.24) is 4.98 Å². The summed E-state index contributed by atoms with van der Waals surface area (Å²) in [6, 6.07) is 12.9. The molecule has 2 nitrogen and oxygen atoms in total. The molecule has 1 aliphatic heterocycles. The summed E-state index contributed by atoms with van der Waals surface area (Å²) in [6.07, 6.45) is 9.29. The number of hydrogen-bond donors (Lipinski definition) is 0. The first-order chi connectivity index (χ1) is 14.2. The zero-order chi connectivity index (χ0) is 20.2. The minimum atomic E-state index is 0.0874. The predicted octanol–water partition coefficient (Wildman–Crippen LogP) is 5.83. The molecule has 1 unspecified atom stereocenters. The van der Waals surface area contributed by atoms with Crippen molar-refractivity contribution in [3.05, 3.63) is 94.9 Å². The van der Waals surface area contributed by atoms with Crippen LogP contribution in [0, 0.1) is 18.8 Å². The Morgan fingerprint density at radius 2 is 2.17 bits per heavy atom. The summed E-state index contributed by atoms with van der Waals surface area (Å²) >= 11 is 0. The summed E-state index contributed by atoms with van der Waals surface area (Å²) in [5, 5.41) is 0. The molecule has 0 saturated carbocycles. The molecule has 1 aromatic heterocycles. The average molecular weight is 379 g/mol. The van der Waals surface area contributed by atoms with Crippen LogP contribution in [-0.2, 0) is 6.42 Å². The molecule has 0 fully saturated rings. The number of aromatic nitrogens is 1. The molecule has 0 spiro atoms. The van der Waals surface area contributed by atoms with E-state index in [0.717, 1.165) is 36.4 Å². The first-order valence-electron chi connectivity index (χ1n) is 10.3. The fourth-order valence-electron chi connectivity index (χ4n) is 4.08. The van der Waals surface area contributed by atoms with Crippen LogP contribution in [0.1, 0.15) is 53.8 Å². The van der Waals surface area contributed by atoms with Crippen LogP contribution < -0.4 is 0 Å². The van der Waals surface area contributed by atoms with E-state index in [0.29, 0.717) is 6.54 Å². The Kier molecular flexibility index (Phi) is 5.58. The molecule has 0 radical (unpaired) electrons. The highest BCUT2D eigenvalue weighted by Gasteiger charge is 2.22. The number of allylic oxidation sites excluding steroid dienone is 4. The third-order valence-electron chi connectivity index (χ3n) is 5.47. The molecule has 1 aromatic carbocycles. The SMILES string of the molecule is C=C/C(=C\CC)C1C#CCCc2ccc(C3=CCN=C3c3cccc(C)n3)cc21. The fraction of sp³-hybridized carbons (Fsp3) is 0.259. The number of aryl methyl sites for hydroxylation is 2. The summed E-state index contributed by atoms with van der Waals surface area (Å²) < 4.78 is 0. The van der Waals surface area contributed by atoms with Gasteiger partial charge in [0.1, 0.15) is 0 Å². The molecule has 4 rings (SSSR count). The monoisotopic (exact) mass is 378 g/mol. The Bertz CT molecular complexity index is 1100. The quantitative estimate of drug-likeness (QED) is 0.474. The van der Waals surface area contributed by atoms with Gasteiger partial charge < -0.3 is 0 Å². The summed E-state index contributed by atoms with van der Waals surface area (Å²) in [5.74, 6) is 6.94. The molecule has 2 aliphatic rings. The zero-order valence-corrected chi connectivity index (χ0v) is 17.2. The van der Waals surface area contributed by atoms with Gasteiger partial charge in [0.2, 0.25) is 0 Å². The maximum Gasteiger partial charge on any atom is 0.0910 e. The van der Waals surface area contributed by atoms with Crippen molar-refractivity contribution in [2.24, 2.45) is 4.99 Å². The third kappa shape index (κ3) is 3.87. The molecular weight excluding hydrogens is 352 g/mol. The van der Waals surface area contributed by atoms with Crippen LogP contribution in [-0.4, -0.2) is 17.2 Å². The maximum atomic E-state index is 4.74. The van der Waals surface area contributed by atoms with Crippen molar-refractivity contribution >= 4 is 11.3 Å². The van der Waals surface area contributed by atoms with Gasteiger partial charge in [-0.3, -0.25) is 9.98 Å². The van der Waals surface area contributed by atoms with Crippen molar-refractivity contribution in [2.45, 2.75) is 39.0 Å². The third-order valence-corrected chi connectivity index (χ3v) is 5.47. The first kappa shape index (κ1) is 19.2. The van der Waals surface area contributed by atoms with Gasteiger partial charge in [0.25, 0.3) is 0 Å². The van der Waals surface area contributed by atoms with E-state index in [1.165, 1.54) is 27.8 Å². The molecule has 0 saturated heterocycles. The van der Waals surface area contributed by atoms with E-state index >= 15 is 0 Å². The maximum absolute atomic E-state index is 4.74. The standard InChI is InChI=1S/C27H26N2/c1-4-9-20(5-2)23-12-7-6-11-21-14-15-22(18-25(21)23)24-16-17-28-27(24)26-13-8-10-19(3)29-26/h5,8-10,13-16,18,23H,2,4,6,11,17H2,1,3H3/b20-9+. The van der Waals surface area contributed by atoms with E-state index in [1.807, 2.05) is 31.2 Å². The van der Waals surface area contributed by atoms with E-state index in [1.54, 1.807) is 0 Å². The van der Waals surface area contributed by atoms with Crippen molar-refractivity contribution in [1.29, 1.82) is 0 Å². The van der Waals surface area contributed by atoms with E-state index in [-0.39, 0.29) is 5.92 Å². The highest BCUT2D eigenvalue weighted by atomic mass is 14.8. The zero-order valence-electron chi connectivity index (χ0n) is 17.2.